The lowest BCUT2D eigenvalue weighted by Crippen LogP contribution is -2.08. The van der Waals surface area contributed by atoms with Gasteiger partial charge in [0.15, 0.2) is 0 Å². The fraction of sp³-hybridized carbons (Fsp3) is 0.294. The van der Waals surface area contributed by atoms with Gasteiger partial charge in [-0.25, -0.2) is 0 Å². The zero-order valence-electron chi connectivity index (χ0n) is 12.1. The molecule has 2 rings (SSSR count). The van der Waals surface area contributed by atoms with Crippen LogP contribution in [0.2, 0.25) is 0 Å². The molecule has 0 aliphatic rings. The van der Waals surface area contributed by atoms with Crippen LogP contribution in [0.4, 0.5) is 0 Å². The van der Waals surface area contributed by atoms with Gasteiger partial charge in [0.2, 0.25) is 0 Å². The Morgan fingerprint density at radius 3 is 1.80 bits per heavy atom. The maximum atomic E-state index is 9.02. The van der Waals surface area contributed by atoms with Gasteiger partial charge >= 0.3 is 0 Å². The second kappa shape index (κ2) is 8.99. The molecule has 0 saturated heterocycles. The van der Waals surface area contributed by atoms with Crippen molar-refractivity contribution in [3.63, 3.8) is 0 Å². The summed E-state index contributed by atoms with van der Waals surface area (Å²) in [5.41, 5.74) is 2.45. The van der Waals surface area contributed by atoms with Crippen molar-refractivity contribution in [1.82, 2.24) is 5.32 Å². The fourth-order valence-corrected chi connectivity index (χ4v) is 1.68. The van der Waals surface area contributed by atoms with E-state index >= 15 is 0 Å². The molecule has 0 aliphatic carbocycles. The van der Waals surface area contributed by atoms with Gasteiger partial charge in [-0.05, 0) is 63.2 Å². The number of nitrogens with one attached hydrogen (secondary N) is 1. The molecule has 0 fully saturated rings. The third-order valence-electron chi connectivity index (χ3n) is 2.86. The smallest absolute Gasteiger partial charge is 0.115 e. The Bertz CT molecular complexity index is 456. The predicted octanol–water partition coefficient (Wildman–Crippen LogP) is 3.24. The Balaban J connectivity index is 0.000000217. The molecule has 3 nitrogen and oxygen atoms in total. The summed E-state index contributed by atoms with van der Waals surface area (Å²) in [5, 5.41) is 20.9. The molecule has 108 valence electrons. The van der Waals surface area contributed by atoms with Gasteiger partial charge in [0.1, 0.15) is 11.5 Å². The fourth-order valence-electron chi connectivity index (χ4n) is 1.68. The van der Waals surface area contributed by atoms with Gasteiger partial charge in [-0.2, -0.15) is 0 Å². The van der Waals surface area contributed by atoms with Crippen LogP contribution in [0.3, 0.4) is 0 Å². The SMILES string of the molecule is CNCCCc1ccc(O)cc1.Cc1ccc(O)cc1. The third-order valence-corrected chi connectivity index (χ3v) is 2.86. The van der Waals surface area contributed by atoms with E-state index in [4.69, 9.17) is 10.2 Å². The van der Waals surface area contributed by atoms with E-state index in [2.05, 4.69) is 5.32 Å². The number of hydrogen-bond acceptors (Lipinski definition) is 3. The van der Waals surface area contributed by atoms with Crippen molar-refractivity contribution in [2.24, 2.45) is 0 Å². The summed E-state index contributed by atoms with van der Waals surface area (Å²) in [5.74, 6) is 0.669. The highest BCUT2D eigenvalue weighted by molar-refractivity contribution is 5.26. The van der Waals surface area contributed by atoms with Gasteiger partial charge in [-0.1, -0.05) is 29.8 Å². The van der Waals surface area contributed by atoms with Crippen LogP contribution in [-0.2, 0) is 6.42 Å². The largest absolute Gasteiger partial charge is 0.508 e. The van der Waals surface area contributed by atoms with E-state index in [1.807, 2.05) is 38.2 Å². The second-order valence-corrected chi connectivity index (χ2v) is 4.71. The third kappa shape index (κ3) is 6.81. The first-order chi connectivity index (χ1) is 9.61. The quantitative estimate of drug-likeness (QED) is 0.750. The summed E-state index contributed by atoms with van der Waals surface area (Å²) in [6.07, 6.45) is 2.21. The minimum atomic E-state index is 0.329. The summed E-state index contributed by atoms with van der Waals surface area (Å²) >= 11 is 0. The first-order valence-electron chi connectivity index (χ1n) is 6.80. The van der Waals surface area contributed by atoms with Gasteiger partial charge < -0.3 is 15.5 Å². The monoisotopic (exact) mass is 273 g/mol. The van der Waals surface area contributed by atoms with Crippen LogP contribution in [0.5, 0.6) is 11.5 Å². The molecule has 2 aromatic carbocycles. The van der Waals surface area contributed by atoms with Crippen LogP contribution in [0, 0.1) is 6.92 Å². The lowest BCUT2D eigenvalue weighted by atomic mass is 10.1. The molecule has 0 spiro atoms. The molecular formula is C17H23NO2. The summed E-state index contributed by atoms with van der Waals surface area (Å²) in [6.45, 7) is 3.03. The first-order valence-corrected chi connectivity index (χ1v) is 6.80. The van der Waals surface area contributed by atoms with Crippen molar-refractivity contribution in [2.75, 3.05) is 13.6 Å². The van der Waals surface area contributed by atoms with E-state index in [1.54, 1.807) is 24.3 Å². The van der Waals surface area contributed by atoms with Crippen molar-refractivity contribution in [2.45, 2.75) is 19.8 Å². The topological polar surface area (TPSA) is 52.5 Å². The van der Waals surface area contributed by atoms with Crippen LogP contribution in [0.15, 0.2) is 48.5 Å². The zero-order chi connectivity index (χ0) is 14.8. The lowest BCUT2D eigenvalue weighted by Gasteiger charge is -2.00. The molecule has 3 heteroatoms. The van der Waals surface area contributed by atoms with Crippen LogP contribution in [-0.4, -0.2) is 23.8 Å². The number of phenolic OH excluding ortho intramolecular Hbond substituents is 2. The molecule has 0 saturated carbocycles. The molecule has 0 aliphatic heterocycles. The summed E-state index contributed by atoms with van der Waals surface area (Å²) in [7, 11) is 1.96. The Kier molecular flexibility index (Phi) is 7.22. The highest BCUT2D eigenvalue weighted by Crippen LogP contribution is 2.10. The number of phenols is 2. The van der Waals surface area contributed by atoms with Crippen molar-refractivity contribution in [1.29, 1.82) is 0 Å². The molecule has 20 heavy (non-hydrogen) atoms. The normalized spacial score (nSPS) is 9.70. The summed E-state index contributed by atoms with van der Waals surface area (Å²) in [6, 6.07) is 14.5. The number of hydrogen-bond donors (Lipinski definition) is 3. The average molecular weight is 273 g/mol. The second-order valence-electron chi connectivity index (χ2n) is 4.71. The van der Waals surface area contributed by atoms with Gasteiger partial charge in [0.05, 0.1) is 0 Å². The molecule has 3 N–H and O–H groups in total. The molecule has 0 bridgehead atoms. The highest BCUT2D eigenvalue weighted by Gasteiger charge is 1.92. The van der Waals surface area contributed by atoms with E-state index < -0.39 is 0 Å². The van der Waals surface area contributed by atoms with Gasteiger partial charge in [0, 0.05) is 0 Å². The van der Waals surface area contributed by atoms with E-state index in [0.29, 0.717) is 11.5 Å². The summed E-state index contributed by atoms with van der Waals surface area (Å²) in [4.78, 5) is 0. The van der Waals surface area contributed by atoms with E-state index in [-0.39, 0.29) is 0 Å². The van der Waals surface area contributed by atoms with Crippen LogP contribution in [0.1, 0.15) is 17.5 Å². The maximum Gasteiger partial charge on any atom is 0.115 e. The van der Waals surface area contributed by atoms with E-state index in [9.17, 15) is 0 Å². The maximum absolute atomic E-state index is 9.02. The summed E-state index contributed by atoms with van der Waals surface area (Å²) < 4.78 is 0. The number of aryl methyl sites for hydroxylation is 2. The van der Waals surface area contributed by atoms with Crippen LogP contribution >= 0.6 is 0 Å². The Morgan fingerprint density at radius 2 is 1.35 bits per heavy atom. The molecule has 0 unspecified atom stereocenters. The average Bonchev–Trinajstić information content (AvgIpc) is 2.45. The first kappa shape index (κ1) is 16.1. The number of rotatable bonds is 4. The number of aromatic hydroxyl groups is 2. The van der Waals surface area contributed by atoms with Crippen molar-refractivity contribution < 1.29 is 10.2 Å². The molecule has 0 aromatic heterocycles. The van der Waals surface area contributed by atoms with Crippen LogP contribution < -0.4 is 5.32 Å². The molecule has 2 aromatic rings. The van der Waals surface area contributed by atoms with Crippen LogP contribution in [0.25, 0.3) is 0 Å². The Morgan fingerprint density at radius 1 is 0.850 bits per heavy atom. The van der Waals surface area contributed by atoms with Gasteiger partial charge in [-0.3, -0.25) is 0 Å². The van der Waals surface area contributed by atoms with E-state index in [1.165, 1.54) is 11.1 Å². The highest BCUT2D eigenvalue weighted by atomic mass is 16.3. The van der Waals surface area contributed by atoms with Crippen molar-refractivity contribution in [3.05, 3.63) is 59.7 Å². The van der Waals surface area contributed by atoms with Gasteiger partial charge in [-0.15, -0.1) is 0 Å². The van der Waals surface area contributed by atoms with Gasteiger partial charge in [0.25, 0.3) is 0 Å². The molecule has 0 radical (unpaired) electrons. The van der Waals surface area contributed by atoms with Crippen molar-refractivity contribution >= 4 is 0 Å². The standard InChI is InChI=1S/C10H15NO.C7H8O/c1-11-8-2-3-9-4-6-10(12)7-5-9;1-6-2-4-7(8)5-3-6/h4-7,11-12H,2-3,8H2,1H3;2-5,8H,1H3. The number of benzene rings is 2. The lowest BCUT2D eigenvalue weighted by molar-refractivity contribution is 0.474. The van der Waals surface area contributed by atoms with E-state index in [0.717, 1.165) is 19.4 Å². The minimum Gasteiger partial charge on any atom is -0.508 e. The zero-order valence-corrected chi connectivity index (χ0v) is 12.1. The predicted molar refractivity (Wildman–Crippen MR) is 83.2 cm³/mol. The molecule has 0 atom stereocenters. The minimum absolute atomic E-state index is 0.329. The molecule has 0 amide bonds. The Hall–Kier alpha value is -2.00. The Labute approximate surface area is 120 Å². The molecular weight excluding hydrogens is 250 g/mol. The van der Waals surface area contributed by atoms with Crippen molar-refractivity contribution in [3.8, 4) is 11.5 Å². The molecule has 0 heterocycles.